The molecule has 2 unspecified atom stereocenters. The van der Waals surface area contributed by atoms with Crippen molar-refractivity contribution in [2.24, 2.45) is 5.92 Å². The van der Waals surface area contributed by atoms with Crippen molar-refractivity contribution in [2.45, 2.75) is 36.9 Å². The van der Waals surface area contributed by atoms with Crippen LogP contribution in [-0.2, 0) is 11.2 Å². The van der Waals surface area contributed by atoms with Crippen LogP contribution in [-0.4, -0.2) is 24.4 Å². The molecule has 110 valence electrons. The minimum atomic E-state index is 0.0752. The first-order valence-electron chi connectivity index (χ1n) is 7.21. The second-order valence-electron chi connectivity index (χ2n) is 5.42. The van der Waals surface area contributed by atoms with Crippen LogP contribution in [0.2, 0.25) is 0 Å². The fourth-order valence-corrected chi connectivity index (χ4v) is 3.61. The number of rotatable bonds is 5. The lowest BCUT2D eigenvalue weighted by Crippen LogP contribution is -2.32. The molecule has 0 radical (unpaired) electrons. The second kappa shape index (κ2) is 7.67. The van der Waals surface area contributed by atoms with Gasteiger partial charge in [0.1, 0.15) is 5.75 Å². The molecular weight excluding hydrogens is 318 g/mol. The van der Waals surface area contributed by atoms with E-state index in [4.69, 9.17) is 4.74 Å². The van der Waals surface area contributed by atoms with Gasteiger partial charge in [0, 0.05) is 16.9 Å². The van der Waals surface area contributed by atoms with Crippen molar-refractivity contribution >= 4 is 21.8 Å². The molecule has 1 aliphatic rings. The van der Waals surface area contributed by atoms with Gasteiger partial charge in [-0.2, -0.15) is 0 Å². The zero-order valence-corrected chi connectivity index (χ0v) is 13.5. The molecule has 0 heterocycles. The molecule has 1 N–H and O–H groups in total. The van der Waals surface area contributed by atoms with Crippen LogP contribution >= 0.6 is 15.9 Å². The second-order valence-corrected chi connectivity index (χ2v) is 6.72. The normalized spacial score (nSPS) is 22.3. The van der Waals surface area contributed by atoms with Crippen LogP contribution in [0.3, 0.4) is 0 Å². The average molecular weight is 340 g/mol. The van der Waals surface area contributed by atoms with Gasteiger partial charge in [-0.05, 0) is 31.2 Å². The largest absolute Gasteiger partial charge is 0.496 e. The fraction of sp³-hybridized carbons (Fsp3) is 0.562. The zero-order chi connectivity index (χ0) is 14.4. The topological polar surface area (TPSA) is 38.3 Å². The summed E-state index contributed by atoms with van der Waals surface area (Å²) < 4.78 is 5.27. The standard InChI is InChI=1S/C16H22BrNO2/c1-20-15-8-3-2-6-13(15)10-16(19)18-11-12-5-4-7-14(17)9-12/h2-3,6,8,12,14H,4-5,7,9-11H2,1H3,(H,18,19). The summed E-state index contributed by atoms with van der Waals surface area (Å²) in [6, 6.07) is 7.67. The Bertz CT molecular complexity index is 450. The van der Waals surface area contributed by atoms with Gasteiger partial charge in [0.2, 0.25) is 5.91 Å². The van der Waals surface area contributed by atoms with Crippen LogP contribution in [0.1, 0.15) is 31.2 Å². The third-order valence-electron chi connectivity index (χ3n) is 3.85. The van der Waals surface area contributed by atoms with Crippen LogP contribution in [0.25, 0.3) is 0 Å². The van der Waals surface area contributed by atoms with Gasteiger partial charge < -0.3 is 10.1 Å². The lowest BCUT2D eigenvalue weighted by atomic mass is 9.89. The molecule has 1 aliphatic carbocycles. The Morgan fingerprint density at radius 2 is 2.20 bits per heavy atom. The van der Waals surface area contributed by atoms with Crippen molar-refractivity contribution in [3.8, 4) is 5.75 Å². The van der Waals surface area contributed by atoms with E-state index in [1.807, 2.05) is 24.3 Å². The molecule has 0 aromatic heterocycles. The van der Waals surface area contributed by atoms with Crippen LogP contribution in [0, 0.1) is 5.92 Å². The van der Waals surface area contributed by atoms with Gasteiger partial charge in [-0.25, -0.2) is 0 Å². The van der Waals surface area contributed by atoms with E-state index >= 15 is 0 Å². The number of ether oxygens (including phenoxy) is 1. The maximum atomic E-state index is 12.0. The number of hydrogen-bond donors (Lipinski definition) is 1. The summed E-state index contributed by atoms with van der Waals surface area (Å²) >= 11 is 3.68. The fourth-order valence-electron chi connectivity index (χ4n) is 2.75. The Balaban J connectivity index is 1.80. The molecule has 1 aromatic carbocycles. The third kappa shape index (κ3) is 4.51. The van der Waals surface area contributed by atoms with Gasteiger partial charge in [-0.3, -0.25) is 4.79 Å². The van der Waals surface area contributed by atoms with E-state index in [-0.39, 0.29) is 5.91 Å². The first-order valence-corrected chi connectivity index (χ1v) is 8.13. The summed E-state index contributed by atoms with van der Waals surface area (Å²) in [4.78, 5) is 12.6. The number of para-hydroxylation sites is 1. The predicted molar refractivity (Wildman–Crippen MR) is 84.4 cm³/mol. The molecule has 0 aliphatic heterocycles. The van der Waals surface area contributed by atoms with Gasteiger partial charge in [-0.1, -0.05) is 40.5 Å². The van der Waals surface area contributed by atoms with Gasteiger partial charge in [0.25, 0.3) is 0 Å². The summed E-state index contributed by atoms with van der Waals surface area (Å²) in [5.41, 5.74) is 0.939. The molecule has 20 heavy (non-hydrogen) atoms. The Hall–Kier alpha value is -1.03. The monoisotopic (exact) mass is 339 g/mol. The van der Waals surface area contributed by atoms with Crippen molar-refractivity contribution in [2.75, 3.05) is 13.7 Å². The molecule has 0 spiro atoms. The Morgan fingerprint density at radius 1 is 1.40 bits per heavy atom. The van der Waals surface area contributed by atoms with Crippen LogP contribution < -0.4 is 10.1 Å². The average Bonchev–Trinajstić information content (AvgIpc) is 2.46. The Labute approximate surface area is 129 Å². The number of carbonyl (C=O) groups excluding carboxylic acids is 1. The molecule has 0 bridgehead atoms. The van der Waals surface area contributed by atoms with E-state index in [1.54, 1.807) is 7.11 Å². The van der Waals surface area contributed by atoms with Crippen molar-refractivity contribution in [3.63, 3.8) is 0 Å². The molecule has 2 rings (SSSR count). The highest BCUT2D eigenvalue weighted by Gasteiger charge is 2.20. The third-order valence-corrected chi connectivity index (χ3v) is 4.68. The van der Waals surface area contributed by atoms with E-state index in [1.165, 1.54) is 19.3 Å². The quantitative estimate of drug-likeness (QED) is 0.835. The summed E-state index contributed by atoms with van der Waals surface area (Å²) in [5.74, 6) is 1.46. The number of alkyl halides is 1. The van der Waals surface area contributed by atoms with E-state index in [0.29, 0.717) is 17.2 Å². The summed E-state index contributed by atoms with van der Waals surface area (Å²) in [5, 5.41) is 3.06. The van der Waals surface area contributed by atoms with Gasteiger partial charge in [0.15, 0.2) is 0 Å². The number of hydrogen-bond acceptors (Lipinski definition) is 2. The van der Waals surface area contributed by atoms with Crippen molar-refractivity contribution in [1.29, 1.82) is 0 Å². The molecule has 1 aromatic rings. The van der Waals surface area contributed by atoms with Crippen LogP contribution in [0.5, 0.6) is 5.75 Å². The van der Waals surface area contributed by atoms with Crippen molar-refractivity contribution in [1.82, 2.24) is 5.32 Å². The summed E-state index contributed by atoms with van der Waals surface area (Å²) in [6.45, 7) is 0.788. The number of amides is 1. The lowest BCUT2D eigenvalue weighted by Gasteiger charge is -2.25. The molecule has 1 saturated carbocycles. The number of methoxy groups -OCH3 is 1. The summed E-state index contributed by atoms with van der Waals surface area (Å²) in [6.07, 6.45) is 5.27. The van der Waals surface area contributed by atoms with Crippen LogP contribution in [0.15, 0.2) is 24.3 Å². The molecule has 4 heteroatoms. The predicted octanol–water partition coefficient (Wildman–Crippen LogP) is 3.31. The Kier molecular flexibility index (Phi) is 5.89. The lowest BCUT2D eigenvalue weighted by molar-refractivity contribution is -0.120. The number of halogens is 1. The van der Waals surface area contributed by atoms with E-state index in [2.05, 4.69) is 21.2 Å². The van der Waals surface area contributed by atoms with Crippen molar-refractivity contribution < 1.29 is 9.53 Å². The van der Waals surface area contributed by atoms with E-state index < -0.39 is 0 Å². The molecule has 0 saturated heterocycles. The first kappa shape index (κ1) is 15.4. The highest BCUT2D eigenvalue weighted by molar-refractivity contribution is 9.09. The number of benzene rings is 1. The van der Waals surface area contributed by atoms with Gasteiger partial charge >= 0.3 is 0 Å². The summed E-state index contributed by atoms with van der Waals surface area (Å²) in [7, 11) is 1.63. The number of nitrogens with one attached hydrogen (secondary N) is 1. The van der Waals surface area contributed by atoms with E-state index in [0.717, 1.165) is 24.3 Å². The SMILES string of the molecule is COc1ccccc1CC(=O)NCC1CCCC(Br)C1. The zero-order valence-electron chi connectivity index (χ0n) is 11.9. The van der Waals surface area contributed by atoms with Gasteiger partial charge in [-0.15, -0.1) is 0 Å². The highest BCUT2D eigenvalue weighted by atomic mass is 79.9. The maximum Gasteiger partial charge on any atom is 0.224 e. The van der Waals surface area contributed by atoms with Crippen molar-refractivity contribution in [3.05, 3.63) is 29.8 Å². The molecular formula is C16H22BrNO2. The number of carbonyl (C=O) groups is 1. The van der Waals surface area contributed by atoms with E-state index in [9.17, 15) is 4.79 Å². The maximum absolute atomic E-state index is 12.0. The molecule has 1 fully saturated rings. The Morgan fingerprint density at radius 3 is 2.95 bits per heavy atom. The first-order chi connectivity index (χ1) is 9.69. The van der Waals surface area contributed by atoms with Gasteiger partial charge in [0.05, 0.1) is 13.5 Å². The highest BCUT2D eigenvalue weighted by Crippen LogP contribution is 2.28. The molecule has 2 atom stereocenters. The minimum Gasteiger partial charge on any atom is -0.496 e. The molecule has 1 amide bonds. The van der Waals surface area contributed by atoms with Crippen LogP contribution in [0.4, 0.5) is 0 Å². The molecule has 3 nitrogen and oxygen atoms in total. The minimum absolute atomic E-state index is 0.0752. The smallest absolute Gasteiger partial charge is 0.224 e.